The van der Waals surface area contributed by atoms with Crippen molar-refractivity contribution in [3.05, 3.63) is 82.9 Å². The maximum absolute atomic E-state index is 6.00. The van der Waals surface area contributed by atoms with Gasteiger partial charge in [0.25, 0.3) is 5.01 Å². The lowest BCUT2D eigenvalue weighted by Crippen LogP contribution is -3.00. The van der Waals surface area contributed by atoms with Gasteiger partial charge in [0.2, 0.25) is 5.52 Å². The van der Waals surface area contributed by atoms with E-state index in [2.05, 4.69) is 90.5 Å². The highest BCUT2D eigenvalue weighted by atomic mass is 127. The molecule has 0 aliphatic carbocycles. The molecule has 134 valence electrons. The third-order valence-electron chi connectivity index (χ3n) is 4.87. The molecule has 1 aliphatic heterocycles. The number of para-hydroxylation sites is 1. The number of hydrogen-bond acceptors (Lipinski definition) is 2. The van der Waals surface area contributed by atoms with Gasteiger partial charge < -0.3 is 28.7 Å². The summed E-state index contributed by atoms with van der Waals surface area (Å²) in [4.78, 5) is 0. The second-order valence-electron chi connectivity index (χ2n) is 6.51. The molecule has 4 heteroatoms. The van der Waals surface area contributed by atoms with Crippen LogP contribution in [0.2, 0.25) is 0 Å². The Bertz CT molecular complexity index is 1210. The van der Waals surface area contributed by atoms with E-state index in [0.717, 1.165) is 5.75 Å². The summed E-state index contributed by atoms with van der Waals surface area (Å²) in [5, 5.41) is 3.71. The Kier molecular flexibility index (Phi) is 5.02. The van der Waals surface area contributed by atoms with Gasteiger partial charge >= 0.3 is 0 Å². The molecular weight excluding hydrogens is 465 g/mol. The topological polar surface area (TPSA) is 13.1 Å². The number of aryl methyl sites for hydroxylation is 1. The van der Waals surface area contributed by atoms with E-state index in [1.165, 1.54) is 37.1 Å². The Morgan fingerprint density at radius 2 is 1.78 bits per heavy atom. The molecule has 27 heavy (non-hydrogen) atoms. The zero-order valence-corrected chi connectivity index (χ0v) is 17.8. The minimum absolute atomic E-state index is 0. The molecule has 0 spiro atoms. The number of thiazole rings is 1. The SMILES string of the molecule is C[n+]1c(/C=C/C2=Cc3c(ccc4ccccc34)OC2)sc2ccccc21.[I-]. The van der Waals surface area contributed by atoms with Crippen molar-refractivity contribution in [1.82, 2.24) is 0 Å². The molecule has 5 rings (SSSR count). The predicted molar refractivity (Wildman–Crippen MR) is 109 cm³/mol. The standard InChI is InChI=1S/C23H18NOS.HI/c1-24-20-8-4-5-9-22(20)26-23(24)13-10-16-14-19-18-7-3-2-6-17(18)11-12-21(19)25-15-16;/h2-14H,15H2,1H3;1H/q+1;/p-1/b13-10+;. The van der Waals surface area contributed by atoms with Gasteiger partial charge in [-0.1, -0.05) is 53.8 Å². The molecule has 0 amide bonds. The van der Waals surface area contributed by atoms with Crippen molar-refractivity contribution < 1.29 is 33.3 Å². The first-order valence-corrected chi connectivity index (χ1v) is 9.52. The molecule has 1 aliphatic rings. The van der Waals surface area contributed by atoms with E-state index in [4.69, 9.17) is 4.74 Å². The van der Waals surface area contributed by atoms with Gasteiger partial charge in [0.15, 0.2) is 0 Å². The Morgan fingerprint density at radius 1 is 0.963 bits per heavy atom. The zero-order valence-electron chi connectivity index (χ0n) is 14.9. The first kappa shape index (κ1) is 18.2. The van der Waals surface area contributed by atoms with Crippen molar-refractivity contribution in [2.24, 2.45) is 7.05 Å². The fourth-order valence-electron chi connectivity index (χ4n) is 3.48. The van der Waals surface area contributed by atoms with E-state index in [1.54, 1.807) is 0 Å². The van der Waals surface area contributed by atoms with Crippen LogP contribution >= 0.6 is 11.3 Å². The fraction of sp³-hybridized carbons (Fsp3) is 0.0870. The summed E-state index contributed by atoms with van der Waals surface area (Å²) < 4.78 is 9.54. The highest BCUT2D eigenvalue weighted by Crippen LogP contribution is 2.33. The molecule has 0 atom stereocenters. The number of hydrogen-bond donors (Lipinski definition) is 0. The van der Waals surface area contributed by atoms with Gasteiger partial charge in [0.05, 0.1) is 0 Å². The normalized spacial score (nSPS) is 13.3. The van der Waals surface area contributed by atoms with Crippen LogP contribution in [0.3, 0.4) is 0 Å². The second kappa shape index (κ2) is 7.44. The molecule has 0 bridgehead atoms. The highest BCUT2D eigenvalue weighted by Gasteiger charge is 2.15. The molecule has 1 aromatic heterocycles. The number of nitrogens with zero attached hydrogens (tertiary/aromatic N) is 1. The van der Waals surface area contributed by atoms with Gasteiger partial charge in [0.1, 0.15) is 24.1 Å². The Morgan fingerprint density at radius 3 is 2.67 bits per heavy atom. The zero-order chi connectivity index (χ0) is 17.5. The molecule has 4 aromatic rings. The molecule has 0 saturated heterocycles. The van der Waals surface area contributed by atoms with Gasteiger partial charge in [-0.25, -0.2) is 0 Å². The second-order valence-corrected chi connectivity index (χ2v) is 7.57. The third kappa shape index (κ3) is 3.28. The van der Waals surface area contributed by atoms with Crippen molar-refractivity contribution in [1.29, 1.82) is 0 Å². The number of benzene rings is 3. The minimum Gasteiger partial charge on any atom is -1.00 e. The van der Waals surface area contributed by atoms with Gasteiger partial charge in [-0.05, 0) is 40.6 Å². The Hall–Kier alpha value is -2.18. The van der Waals surface area contributed by atoms with Gasteiger partial charge in [-0.3, -0.25) is 0 Å². The maximum atomic E-state index is 6.00. The van der Waals surface area contributed by atoms with Crippen LogP contribution in [-0.2, 0) is 7.05 Å². The lowest BCUT2D eigenvalue weighted by molar-refractivity contribution is -0.642. The summed E-state index contributed by atoms with van der Waals surface area (Å²) in [5.41, 5.74) is 3.63. The summed E-state index contributed by atoms with van der Waals surface area (Å²) in [6.07, 6.45) is 6.62. The van der Waals surface area contributed by atoms with Crippen LogP contribution in [0, 0.1) is 0 Å². The molecule has 2 heterocycles. The molecule has 0 fully saturated rings. The van der Waals surface area contributed by atoms with Crippen molar-refractivity contribution in [2.75, 3.05) is 6.61 Å². The molecule has 0 radical (unpaired) electrons. The van der Waals surface area contributed by atoms with Crippen LogP contribution < -0.4 is 33.3 Å². The van der Waals surface area contributed by atoms with E-state index in [-0.39, 0.29) is 24.0 Å². The van der Waals surface area contributed by atoms with Crippen LogP contribution in [0.15, 0.2) is 72.3 Å². The van der Waals surface area contributed by atoms with Gasteiger partial charge in [-0.15, -0.1) is 0 Å². The van der Waals surface area contributed by atoms with E-state index in [9.17, 15) is 0 Å². The average Bonchev–Trinajstić information content (AvgIpc) is 3.02. The first-order chi connectivity index (χ1) is 12.8. The van der Waals surface area contributed by atoms with Crippen LogP contribution in [-0.4, -0.2) is 6.61 Å². The first-order valence-electron chi connectivity index (χ1n) is 8.70. The fourth-order valence-corrected chi connectivity index (χ4v) is 4.53. The molecule has 3 aromatic carbocycles. The van der Waals surface area contributed by atoms with Crippen LogP contribution in [0.1, 0.15) is 10.6 Å². The van der Waals surface area contributed by atoms with E-state index >= 15 is 0 Å². The van der Waals surface area contributed by atoms with E-state index < -0.39 is 0 Å². The van der Waals surface area contributed by atoms with Crippen molar-refractivity contribution in [2.45, 2.75) is 0 Å². The van der Waals surface area contributed by atoms with E-state index in [0.29, 0.717) is 6.61 Å². The molecule has 0 unspecified atom stereocenters. The average molecular weight is 483 g/mol. The van der Waals surface area contributed by atoms with Crippen LogP contribution in [0.4, 0.5) is 0 Å². The van der Waals surface area contributed by atoms with Gasteiger partial charge in [-0.2, -0.15) is 4.57 Å². The van der Waals surface area contributed by atoms with Crippen molar-refractivity contribution in [3.8, 4) is 5.75 Å². The number of rotatable bonds is 2. The molecule has 2 nitrogen and oxygen atoms in total. The van der Waals surface area contributed by atoms with Crippen molar-refractivity contribution in [3.63, 3.8) is 0 Å². The summed E-state index contributed by atoms with van der Waals surface area (Å²) in [6.45, 7) is 0.608. The van der Waals surface area contributed by atoms with Crippen LogP contribution in [0.5, 0.6) is 5.75 Å². The quantitative estimate of drug-likeness (QED) is 0.315. The summed E-state index contributed by atoms with van der Waals surface area (Å²) in [5.74, 6) is 0.966. The lowest BCUT2D eigenvalue weighted by atomic mass is 9.99. The van der Waals surface area contributed by atoms with E-state index in [1.807, 2.05) is 11.3 Å². The smallest absolute Gasteiger partial charge is 0.262 e. The van der Waals surface area contributed by atoms with Crippen LogP contribution in [0.25, 0.3) is 33.1 Å². The number of aromatic nitrogens is 1. The summed E-state index contributed by atoms with van der Waals surface area (Å²) >= 11 is 1.81. The minimum atomic E-state index is 0. The lowest BCUT2D eigenvalue weighted by Gasteiger charge is -2.17. The maximum Gasteiger partial charge on any atom is 0.262 e. The monoisotopic (exact) mass is 483 g/mol. The predicted octanol–water partition coefficient (Wildman–Crippen LogP) is 2.37. The highest BCUT2D eigenvalue weighted by molar-refractivity contribution is 7.18. The Balaban J connectivity index is 0.00000180. The summed E-state index contributed by atoms with van der Waals surface area (Å²) in [7, 11) is 2.12. The van der Waals surface area contributed by atoms with Gasteiger partial charge in [0, 0.05) is 17.7 Å². The van der Waals surface area contributed by atoms with Crippen molar-refractivity contribution >= 4 is 44.5 Å². The summed E-state index contributed by atoms with van der Waals surface area (Å²) in [6, 6.07) is 21.2. The third-order valence-corrected chi connectivity index (χ3v) is 6.05. The Labute approximate surface area is 179 Å². The molecule has 0 saturated carbocycles. The molecular formula is C23H18INOS. The molecule has 0 N–H and O–H groups in total. The number of halogens is 1. The largest absolute Gasteiger partial charge is 1.00 e. The number of fused-ring (bicyclic) bond motifs is 4. The number of ether oxygens (including phenoxy) is 1.